The molecule has 0 aliphatic carbocycles. The molecule has 0 spiro atoms. The number of rotatable bonds is 7. The van der Waals surface area contributed by atoms with Gasteiger partial charge in [0.05, 0.1) is 18.3 Å². The summed E-state index contributed by atoms with van der Waals surface area (Å²) in [7, 11) is 2.14. The van der Waals surface area contributed by atoms with Gasteiger partial charge in [0.2, 0.25) is 0 Å². The van der Waals surface area contributed by atoms with E-state index in [1.165, 1.54) is 17.0 Å². The number of nitrogens with one attached hydrogen (secondary N) is 1. The van der Waals surface area contributed by atoms with Crippen LogP contribution in [0.25, 0.3) is 0 Å². The molecule has 1 aromatic rings. The van der Waals surface area contributed by atoms with Crippen LogP contribution in [0, 0.1) is 0 Å². The van der Waals surface area contributed by atoms with Gasteiger partial charge in [-0.3, -0.25) is 0 Å². The molecule has 1 aromatic heterocycles. The third kappa shape index (κ3) is 3.71. The minimum absolute atomic E-state index is 0.478. The molecule has 1 N–H and O–H groups in total. The van der Waals surface area contributed by atoms with Crippen molar-refractivity contribution in [1.82, 2.24) is 10.3 Å². The highest BCUT2D eigenvalue weighted by molar-refractivity contribution is 7.15. The minimum Gasteiger partial charge on any atom is -0.379 e. The van der Waals surface area contributed by atoms with Crippen molar-refractivity contribution in [1.29, 1.82) is 0 Å². The normalized spacial score (nSPS) is 18.9. The smallest absolute Gasteiger partial charge is 0.185 e. The van der Waals surface area contributed by atoms with Gasteiger partial charge in [-0.15, -0.1) is 11.3 Å². The number of nitrogens with zero attached hydrogens (tertiary/aromatic N) is 2. The van der Waals surface area contributed by atoms with Crippen molar-refractivity contribution in [2.45, 2.75) is 52.1 Å². The summed E-state index contributed by atoms with van der Waals surface area (Å²) in [5, 5.41) is 4.63. The molecule has 1 aliphatic rings. The molecule has 1 fully saturated rings. The fraction of sp³-hybridized carbons (Fsp3) is 0.800. The fourth-order valence-electron chi connectivity index (χ4n) is 2.44. The third-order valence-electron chi connectivity index (χ3n) is 3.73. The predicted molar refractivity (Wildman–Crippen MR) is 85.8 cm³/mol. The maximum absolute atomic E-state index is 5.49. The van der Waals surface area contributed by atoms with Gasteiger partial charge in [0, 0.05) is 25.1 Å². The lowest BCUT2D eigenvalue weighted by Gasteiger charge is -2.22. The molecular formula is C15H27N3OS. The first-order valence-corrected chi connectivity index (χ1v) is 8.46. The molecule has 0 radical (unpaired) electrons. The van der Waals surface area contributed by atoms with Gasteiger partial charge < -0.3 is 15.0 Å². The molecule has 4 nitrogen and oxygen atoms in total. The molecule has 5 heteroatoms. The van der Waals surface area contributed by atoms with E-state index in [1.807, 2.05) is 11.3 Å². The van der Waals surface area contributed by atoms with Gasteiger partial charge in [0.25, 0.3) is 0 Å². The Morgan fingerprint density at radius 3 is 2.90 bits per heavy atom. The Bertz CT molecular complexity index is 413. The van der Waals surface area contributed by atoms with E-state index in [1.54, 1.807) is 0 Å². The van der Waals surface area contributed by atoms with Crippen molar-refractivity contribution in [3.05, 3.63) is 10.6 Å². The number of ether oxygens (including phenoxy) is 1. The van der Waals surface area contributed by atoms with Gasteiger partial charge in [-0.2, -0.15) is 0 Å². The quantitative estimate of drug-likeness (QED) is 0.785. The monoisotopic (exact) mass is 297 g/mol. The molecule has 0 aromatic carbocycles. The summed E-state index contributed by atoms with van der Waals surface area (Å²) in [6, 6.07) is 0.484. The second-order valence-corrected chi connectivity index (χ2v) is 6.83. The third-order valence-corrected chi connectivity index (χ3v) is 4.89. The van der Waals surface area contributed by atoms with Crippen LogP contribution in [0.3, 0.4) is 0 Å². The van der Waals surface area contributed by atoms with Gasteiger partial charge >= 0.3 is 0 Å². The van der Waals surface area contributed by atoms with Crippen LogP contribution >= 0.6 is 11.3 Å². The summed E-state index contributed by atoms with van der Waals surface area (Å²) in [6.07, 6.45) is 2.28. The number of anilines is 1. The van der Waals surface area contributed by atoms with Crippen LogP contribution < -0.4 is 10.2 Å². The van der Waals surface area contributed by atoms with Crippen molar-refractivity contribution in [2.24, 2.45) is 0 Å². The Morgan fingerprint density at radius 1 is 1.50 bits per heavy atom. The van der Waals surface area contributed by atoms with E-state index in [9.17, 15) is 0 Å². The minimum atomic E-state index is 0.478. The van der Waals surface area contributed by atoms with Crippen LogP contribution in [-0.4, -0.2) is 37.8 Å². The van der Waals surface area contributed by atoms with Crippen molar-refractivity contribution in [2.75, 3.05) is 31.7 Å². The molecule has 2 rings (SSSR count). The topological polar surface area (TPSA) is 37.4 Å². The largest absolute Gasteiger partial charge is 0.379 e. The van der Waals surface area contributed by atoms with E-state index in [4.69, 9.17) is 9.72 Å². The van der Waals surface area contributed by atoms with Gasteiger partial charge in [0.1, 0.15) is 0 Å². The van der Waals surface area contributed by atoms with Crippen LogP contribution in [0.1, 0.15) is 50.1 Å². The summed E-state index contributed by atoms with van der Waals surface area (Å²) < 4.78 is 5.49. The molecule has 1 unspecified atom stereocenters. The SMILES string of the molecule is CCCNCc1sc(N(C)C2CCOC2)nc1C(C)C. The average Bonchev–Trinajstić information content (AvgIpc) is 3.07. The van der Waals surface area contributed by atoms with Crippen LogP contribution in [0.5, 0.6) is 0 Å². The van der Waals surface area contributed by atoms with Gasteiger partial charge in [-0.05, 0) is 25.3 Å². The summed E-state index contributed by atoms with van der Waals surface area (Å²) in [6.45, 7) is 10.4. The molecule has 2 heterocycles. The Labute approximate surface area is 126 Å². The predicted octanol–water partition coefficient (Wildman–Crippen LogP) is 2.99. The van der Waals surface area contributed by atoms with Gasteiger partial charge in [-0.1, -0.05) is 20.8 Å². The van der Waals surface area contributed by atoms with E-state index in [-0.39, 0.29) is 0 Å². The molecule has 1 saturated heterocycles. The van der Waals surface area contributed by atoms with Crippen LogP contribution in [0.2, 0.25) is 0 Å². The highest BCUT2D eigenvalue weighted by Gasteiger charge is 2.24. The summed E-state index contributed by atoms with van der Waals surface area (Å²) >= 11 is 1.83. The molecule has 114 valence electrons. The molecule has 20 heavy (non-hydrogen) atoms. The lowest BCUT2D eigenvalue weighted by molar-refractivity contribution is 0.193. The van der Waals surface area contributed by atoms with E-state index >= 15 is 0 Å². The highest BCUT2D eigenvalue weighted by atomic mass is 32.1. The molecule has 1 atom stereocenters. The molecule has 0 bridgehead atoms. The number of thiazole rings is 1. The number of hydrogen-bond donors (Lipinski definition) is 1. The van der Waals surface area contributed by atoms with E-state index in [0.29, 0.717) is 12.0 Å². The summed E-state index contributed by atoms with van der Waals surface area (Å²) in [4.78, 5) is 8.56. The van der Waals surface area contributed by atoms with Gasteiger partial charge in [-0.25, -0.2) is 4.98 Å². The van der Waals surface area contributed by atoms with Crippen molar-refractivity contribution in [3.63, 3.8) is 0 Å². The van der Waals surface area contributed by atoms with Crippen LogP contribution in [0.15, 0.2) is 0 Å². The standard InChI is InChI=1S/C15H27N3OS/c1-5-7-16-9-13-14(11(2)3)17-15(20-13)18(4)12-6-8-19-10-12/h11-12,16H,5-10H2,1-4H3. The molecular weight excluding hydrogens is 270 g/mol. The van der Waals surface area contributed by atoms with E-state index in [2.05, 4.69) is 38.0 Å². The average molecular weight is 297 g/mol. The molecule has 1 aliphatic heterocycles. The second kappa shape index (κ2) is 7.38. The number of hydrogen-bond acceptors (Lipinski definition) is 5. The molecule has 0 saturated carbocycles. The Morgan fingerprint density at radius 2 is 2.30 bits per heavy atom. The fourth-order valence-corrected chi connectivity index (χ4v) is 3.66. The van der Waals surface area contributed by atoms with Gasteiger partial charge in [0.15, 0.2) is 5.13 Å². The van der Waals surface area contributed by atoms with Crippen LogP contribution in [-0.2, 0) is 11.3 Å². The lowest BCUT2D eigenvalue weighted by Crippen LogP contribution is -2.31. The first kappa shape index (κ1) is 15.7. The first-order valence-electron chi connectivity index (χ1n) is 7.64. The lowest BCUT2D eigenvalue weighted by atomic mass is 10.1. The zero-order chi connectivity index (χ0) is 14.5. The van der Waals surface area contributed by atoms with E-state index in [0.717, 1.165) is 37.9 Å². The highest BCUT2D eigenvalue weighted by Crippen LogP contribution is 2.32. The zero-order valence-electron chi connectivity index (χ0n) is 13.1. The maximum atomic E-state index is 5.49. The number of aromatic nitrogens is 1. The summed E-state index contributed by atoms with van der Waals surface area (Å²) in [5.74, 6) is 0.478. The maximum Gasteiger partial charge on any atom is 0.185 e. The van der Waals surface area contributed by atoms with Crippen molar-refractivity contribution >= 4 is 16.5 Å². The van der Waals surface area contributed by atoms with Crippen LogP contribution in [0.4, 0.5) is 5.13 Å². The number of likely N-dealkylation sites (N-methyl/N-ethyl adjacent to an activating group) is 1. The van der Waals surface area contributed by atoms with Crippen molar-refractivity contribution in [3.8, 4) is 0 Å². The Balaban J connectivity index is 2.10. The van der Waals surface area contributed by atoms with E-state index < -0.39 is 0 Å². The molecule has 0 amide bonds. The Kier molecular flexibility index (Phi) is 5.81. The Hall–Kier alpha value is -0.650. The summed E-state index contributed by atoms with van der Waals surface area (Å²) in [5.41, 5.74) is 1.25. The van der Waals surface area contributed by atoms with Crippen molar-refractivity contribution < 1.29 is 4.74 Å². The second-order valence-electron chi connectivity index (χ2n) is 5.76. The first-order chi connectivity index (χ1) is 9.63. The zero-order valence-corrected chi connectivity index (χ0v) is 13.9.